The molecule has 0 aliphatic heterocycles. The van der Waals surface area contributed by atoms with Crippen molar-refractivity contribution in [2.24, 2.45) is 9.98 Å². The first-order valence-corrected chi connectivity index (χ1v) is 8.83. The van der Waals surface area contributed by atoms with Gasteiger partial charge in [-0.1, -0.05) is 18.2 Å². The Morgan fingerprint density at radius 3 is 1.96 bits per heavy atom. The van der Waals surface area contributed by atoms with E-state index >= 15 is 0 Å². The van der Waals surface area contributed by atoms with Gasteiger partial charge in [0.15, 0.2) is 0 Å². The van der Waals surface area contributed by atoms with Crippen LogP contribution in [0.5, 0.6) is 0 Å². The molecule has 0 atom stereocenters. The minimum Gasteiger partial charge on any atom is -0.211 e. The molecule has 0 aliphatic rings. The van der Waals surface area contributed by atoms with Gasteiger partial charge in [-0.3, -0.25) is 0 Å². The van der Waals surface area contributed by atoms with Crippen molar-refractivity contribution in [3.8, 4) is 0 Å². The molecule has 4 nitrogen and oxygen atoms in total. The summed E-state index contributed by atoms with van der Waals surface area (Å²) in [5, 5.41) is 0. The second-order valence-corrected chi connectivity index (χ2v) is 6.65. The van der Waals surface area contributed by atoms with Crippen LogP contribution in [0.25, 0.3) is 0 Å². The van der Waals surface area contributed by atoms with E-state index in [9.17, 15) is 9.59 Å². The molecular weight excluding hydrogens is 324 g/mol. The number of aliphatic imine (C=N–C) groups is 2. The number of unbranched alkanes of at least 4 members (excludes halogenated alkanes) is 1. The number of nitrogens with zero attached hydrogens (tertiary/aromatic N) is 2. The van der Waals surface area contributed by atoms with E-state index in [-0.39, 0.29) is 0 Å². The summed E-state index contributed by atoms with van der Waals surface area (Å²) < 4.78 is 0. The summed E-state index contributed by atoms with van der Waals surface area (Å²) in [4.78, 5) is 28.7. The van der Waals surface area contributed by atoms with Crippen LogP contribution in [-0.2, 0) is 22.4 Å². The number of carbonyl (C=O) groups excluding carboxylic acids is 2. The quantitative estimate of drug-likeness (QED) is 0.381. The zero-order valence-corrected chi connectivity index (χ0v) is 15.8. The molecule has 0 saturated carbocycles. The predicted octanol–water partition coefficient (Wildman–Crippen LogP) is 5.42. The van der Waals surface area contributed by atoms with Crippen LogP contribution < -0.4 is 0 Å². The van der Waals surface area contributed by atoms with Crippen molar-refractivity contribution in [1.29, 1.82) is 0 Å². The van der Waals surface area contributed by atoms with E-state index in [2.05, 4.69) is 42.0 Å². The Balaban J connectivity index is 2.16. The topological polar surface area (TPSA) is 58.9 Å². The third-order valence-electron chi connectivity index (χ3n) is 4.95. The minimum atomic E-state index is 0.373. The van der Waals surface area contributed by atoms with Gasteiger partial charge in [0.05, 0.1) is 0 Å². The highest BCUT2D eigenvalue weighted by atomic mass is 16.1. The molecule has 0 N–H and O–H groups in total. The van der Waals surface area contributed by atoms with Crippen LogP contribution >= 0.6 is 0 Å². The lowest BCUT2D eigenvalue weighted by molar-refractivity contribution is 0.564. The van der Waals surface area contributed by atoms with Gasteiger partial charge in [-0.15, -0.1) is 0 Å². The van der Waals surface area contributed by atoms with E-state index in [1.54, 1.807) is 12.1 Å². The summed E-state index contributed by atoms with van der Waals surface area (Å²) in [6.07, 6.45) is 7.16. The number of aryl methyl sites for hydroxylation is 3. The summed E-state index contributed by atoms with van der Waals surface area (Å²) in [5.74, 6) is 0. The lowest BCUT2D eigenvalue weighted by atomic mass is 9.93. The van der Waals surface area contributed by atoms with Crippen LogP contribution in [0.2, 0.25) is 0 Å². The molecule has 2 rings (SSSR count). The Labute approximate surface area is 154 Å². The van der Waals surface area contributed by atoms with E-state index in [0.29, 0.717) is 11.4 Å². The second-order valence-electron chi connectivity index (χ2n) is 6.65. The average molecular weight is 348 g/mol. The number of hydrogen-bond donors (Lipinski definition) is 0. The highest BCUT2D eigenvalue weighted by Crippen LogP contribution is 2.36. The third-order valence-corrected chi connectivity index (χ3v) is 4.95. The molecule has 0 radical (unpaired) electrons. The van der Waals surface area contributed by atoms with Gasteiger partial charge in [-0.05, 0) is 92.8 Å². The molecule has 2 aromatic rings. The van der Waals surface area contributed by atoms with Crippen LogP contribution in [0.1, 0.15) is 46.2 Å². The molecule has 0 bridgehead atoms. The van der Waals surface area contributed by atoms with Crippen molar-refractivity contribution in [1.82, 2.24) is 0 Å². The van der Waals surface area contributed by atoms with E-state index in [0.717, 1.165) is 42.4 Å². The summed E-state index contributed by atoms with van der Waals surface area (Å²) in [7, 11) is 0. The molecule has 0 spiro atoms. The fraction of sp³-hybridized carbons (Fsp3) is 0.364. The van der Waals surface area contributed by atoms with Crippen molar-refractivity contribution in [2.45, 2.75) is 53.4 Å². The van der Waals surface area contributed by atoms with E-state index in [1.165, 1.54) is 22.8 Å². The first-order valence-electron chi connectivity index (χ1n) is 8.83. The predicted molar refractivity (Wildman–Crippen MR) is 104 cm³/mol. The maximum absolute atomic E-state index is 10.7. The minimum absolute atomic E-state index is 0.373. The van der Waals surface area contributed by atoms with Gasteiger partial charge in [0.1, 0.15) is 11.4 Å². The Morgan fingerprint density at radius 2 is 1.38 bits per heavy atom. The normalized spacial score (nSPS) is 10.2. The van der Waals surface area contributed by atoms with E-state index in [4.69, 9.17) is 0 Å². The van der Waals surface area contributed by atoms with Crippen LogP contribution in [-0.4, -0.2) is 12.2 Å². The number of isocyanates is 2. The molecule has 134 valence electrons. The zero-order chi connectivity index (χ0) is 19.1. The summed E-state index contributed by atoms with van der Waals surface area (Å²) in [6, 6.07) is 8.20. The lowest BCUT2D eigenvalue weighted by Crippen LogP contribution is -1.98. The summed E-state index contributed by atoms with van der Waals surface area (Å²) >= 11 is 0. The fourth-order valence-corrected chi connectivity index (χ4v) is 3.54. The number of benzene rings is 2. The smallest absolute Gasteiger partial charge is 0.211 e. The number of rotatable bonds is 7. The molecule has 0 heterocycles. The third kappa shape index (κ3) is 4.43. The lowest BCUT2D eigenvalue weighted by Gasteiger charge is -2.14. The van der Waals surface area contributed by atoms with Crippen molar-refractivity contribution in [2.75, 3.05) is 0 Å². The fourth-order valence-electron chi connectivity index (χ4n) is 3.54. The molecule has 0 aliphatic carbocycles. The van der Waals surface area contributed by atoms with Gasteiger partial charge in [0, 0.05) is 0 Å². The van der Waals surface area contributed by atoms with Gasteiger partial charge >= 0.3 is 0 Å². The van der Waals surface area contributed by atoms with Gasteiger partial charge in [-0.2, -0.15) is 9.98 Å². The largest absolute Gasteiger partial charge is 0.240 e. The van der Waals surface area contributed by atoms with Crippen LogP contribution in [0.15, 0.2) is 34.3 Å². The van der Waals surface area contributed by atoms with Gasteiger partial charge in [0.2, 0.25) is 12.2 Å². The zero-order valence-electron chi connectivity index (χ0n) is 15.8. The molecule has 2 aromatic carbocycles. The van der Waals surface area contributed by atoms with Crippen molar-refractivity contribution >= 4 is 23.5 Å². The summed E-state index contributed by atoms with van der Waals surface area (Å²) in [6.45, 7) is 8.22. The van der Waals surface area contributed by atoms with Crippen molar-refractivity contribution in [3.63, 3.8) is 0 Å². The Hall–Kier alpha value is -2.80. The van der Waals surface area contributed by atoms with Gasteiger partial charge in [0.25, 0.3) is 0 Å². The van der Waals surface area contributed by atoms with Crippen LogP contribution in [0, 0.1) is 27.7 Å². The maximum atomic E-state index is 10.7. The standard InChI is InChI=1S/C22H24N2O2/c1-15-8-7-9-16(2)19(15)10-5-6-11-20-17(3)12-21(23-13-25)22(18(20)4)24-14-26/h7-9,12H,5-6,10-11H2,1-4H3. The molecular formula is C22H24N2O2. The molecule has 0 saturated heterocycles. The summed E-state index contributed by atoms with van der Waals surface area (Å²) in [5.41, 5.74) is 8.00. The highest BCUT2D eigenvalue weighted by Gasteiger charge is 2.13. The van der Waals surface area contributed by atoms with Crippen molar-refractivity contribution < 1.29 is 9.59 Å². The first-order chi connectivity index (χ1) is 12.5. The SMILES string of the molecule is Cc1cccc(C)c1CCCCc1c(C)cc(N=C=O)c(N=C=O)c1C. The molecule has 4 heteroatoms. The highest BCUT2D eigenvalue weighted by molar-refractivity contribution is 5.74. The molecule has 0 amide bonds. The monoisotopic (exact) mass is 348 g/mol. The van der Waals surface area contributed by atoms with Crippen molar-refractivity contribution in [3.05, 3.63) is 57.6 Å². The Bertz CT molecular complexity index is 883. The van der Waals surface area contributed by atoms with Gasteiger partial charge < -0.3 is 0 Å². The molecule has 0 unspecified atom stereocenters. The Kier molecular flexibility index (Phi) is 6.80. The Morgan fingerprint density at radius 1 is 0.808 bits per heavy atom. The second kappa shape index (κ2) is 9.05. The van der Waals surface area contributed by atoms with E-state index < -0.39 is 0 Å². The average Bonchev–Trinajstić information content (AvgIpc) is 2.60. The molecule has 0 aromatic heterocycles. The number of hydrogen-bond acceptors (Lipinski definition) is 4. The maximum Gasteiger partial charge on any atom is 0.240 e. The van der Waals surface area contributed by atoms with Crippen LogP contribution in [0.3, 0.4) is 0 Å². The molecule has 26 heavy (non-hydrogen) atoms. The van der Waals surface area contributed by atoms with E-state index in [1.807, 2.05) is 13.8 Å². The molecule has 0 fully saturated rings. The van der Waals surface area contributed by atoms with Gasteiger partial charge in [-0.25, -0.2) is 9.59 Å². The first kappa shape index (κ1) is 19.5. The van der Waals surface area contributed by atoms with Crippen LogP contribution in [0.4, 0.5) is 11.4 Å².